The molecule has 1 fully saturated rings. The van der Waals surface area contributed by atoms with Crippen LogP contribution in [0.2, 0.25) is 0 Å². The summed E-state index contributed by atoms with van der Waals surface area (Å²) < 4.78 is 5.37. The third-order valence-corrected chi connectivity index (χ3v) is 4.92. The molecule has 1 aromatic rings. The summed E-state index contributed by atoms with van der Waals surface area (Å²) in [6.07, 6.45) is 7.72. The number of allylic oxidation sites excluding steroid dienone is 2. The number of benzene rings is 1. The van der Waals surface area contributed by atoms with E-state index in [2.05, 4.69) is 16.3 Å². The highest BCUT2D eigenvalue weighted by Gasteiger charge is 2.16. The Bertz CT molecular complexity index is 624. The van der Waals surface area contributed by atoms with Gasteiger partial charge >= 0.3 is 0 Å². The van der Waals surface area contributed by atoms with Crippen LogP contribution >= 0.6 is 0 Å². The first-order valence-electron chi connectivity index (χ1n) is 9.26. The number of nitro benzene ring substituents is 1. The largest absolute Gasteiger partial charge is 0.384 e. The monoisotopic (exact) mass is 345 g/mol. The number of non-ortho nitro benzene ring substituents is 1. The van der Waals surface area contributed by atoms with Crippen LogP contribution in [0, 0.1) is 10.1 Å². The highest BCUT2D eigenvalue weighted by molar-refractivity contribution is 5.78. The molecule has 0 unspecified atom stereocenters. The van der Waals surface area contributed by atoms with Crippen LogP contribution in [0.1, 0.15) is 37.7 Å². The molecule has 1 N–H and O–H groups in total. The van der Waals surface area contributed by atoms with Gasteiger partial charge in [-0.15, -0.1) is 0 Å². The fourth-order valence-electron chi connectivity index (χ4n) is 3.50. The van der Waals surface area contributed by atoms with Crippen molar-refractivity contribution in [2.45, 2.75) is 32.1 Å². The molecule has 1 aromatic carbocycles. The van der Waals surface area contributed by atoms with Gasteiger partial charge in [0.25, 0.3) is 5.69 Å². The Morgan fingerprint density at radius 2 is 2.08 bits per heavy atom. The summed E-state index contributed by atoms with van der Waals surface area (Å²) in [5, 5.41) is 14.6. The minimum Gasteiger partial charge on any atom is -0.384 e. The van der Waals surface area contributed by atoms with Gasteiger partial charge in [-0.3, -0.25) is 15.0 Å². The van der Waals surface area contributed by atoms with Crippen molar-refractivity contribution < 1.29 is 9.66 Å². The van der Waals surface area contributed by atoms with Gasteiger partial charge in [0.15, 0.2) is 0 Å². The summed E-state index contributed by atoms with van der Waals surface area (Å²) in [6, 6.07) is 5.18. The molecule has 0 atom stereocenters. The smallest absolute Gasteiger partial charge is 0.270 e. The highest BCUT2D eigenvalue weighted by atomic mass is 16.6. The first-order valence-corrected chi connectivity index (χ1v) is 9.26. The number of hydrogen-bond acceptors (Lipinski definition) is 5. The zero-order valence-corrected chi connectivity index (χ0v) is 14.7. The molecule has 1 heterocycles. The topological polar surface area (TPSA) is 67.6 Å². The first-order chi connectivity index (χ1) is 12.2. The molecule has 0 amide bonds. The minimum absolute atomic E-state index is 0.167. The second kappa shape index (κ2) is 8.97. The van der Waals surface area contributed by atoms with Crippen LogP contribution in [-0.4, -0.2) is 49.2 Å². The maximum absolute atomic E-state index is 11.1. The lowest BCUT2D eigenvalue weighted by Crippen LogP contribution is -2.37. The average molecular weight is 345 g/mol. The number of morpholine rings is 1. The number of hydrogen-bond donors (Lipinski definition) is 1. The molecule has 0 spiro atoms. The summed E-state index contributed by atoms with van der Waals surface area (Å²) >= 11 is 0. The van der Waals surface area contributed by atoms with Crippen LogP contribution in [0.3, 0.4) is 0 Å². The van der Waals surface area contributed by atoms with Crippen LogP contribution in [0.25, 0.3) is 5.57 Å². The van der Waals surface area contributed by atoms with Crippen LogP contribution in [-0.2, 0) is 4.74 Å². The summed E-state index contributed by atoms with van der Waals surface area (Å²) in [5.74, 6) is 0. The van der Waals surface area contributed by atoms with Crippen molar-refractivity contribution in [2.24, 2.45) is 0 Å². The lowest BCUT2D eigenvalue weighted by Gasteiger charge is -2.26. The van der Waals surface area contributed by atoms with Gasteiger partial charge in [-0.25, -0.2) is 0 Å². The predicted molar refractivity (Wildman–Crippen MR) is 99.9 cm³/mol. The molecule has 1 aliphatic heterocycles. The number of nitrogens with zero attached hydrogens (tertiary/aromatic N) is 2. The molecular weight excluding hydrogens is 318 g/mol. The molecule has 25 heavy (non-hydrogen) atoms. The molecule has 1 saturated heterocycles. The third kappa shape index (κ3) is 5.03. The van der Waals surface area contributed by atoms with E-state index >= 15 is 0 Å². The summed E-state index contributed by atoms with van der Waals surface area (Å²) in [4.78, 5) is 13.2. The van der Waals surface area contributed by atoms with Gasteiger partial charge < -0.3 is 10.1 Å². The van der Waals surface area contributed by atoms with Crippen LogP contribution in [0.5, 0.6) is 0 Å². The lowest BCUT2D eigenvalue weighted by atomic mass is 9.92. The summed E-state index contributed by atoms with van der Waals surface area (Å²) in [7, 11) is 0. The fourth-order valence-corrected chi connectivity index (χ4v) is 3.50. The molecule has 0 saturated carbocycles. The van der Waals surface area contributed by atoms with Crippen LogP contribution in [0.15, 0.2) is 24.3 Å². The number of ether oxygens (including phenoxy) is 1. The quantitative estimate of drug-likeness (QED) is 0.464. The Morgan fingerprint density at radius 1 is 1.24 bits per heavy atom. The second-order valence-corrected chi connectivity index (χ2v) is 6.70. The fraction of sp³-hybridized carbons (Fsp3) is 0.579. The predicted octanol–water partition coefficient (Wildman–Crippen LogP) is 3.69. The Kier molecular flexibility index (Phi) is 6.42. The van der Waals surface area contributed by atoms with Gasteiger partial charge in [-0.2, -0.15) is 0 Å². The van der Waals surface area contributed by atoms with Gasteiger partial charge in [0.05, 0.1) is 18.1 Å². The maximum Gasteiger partial charge on any atom is 0.270 e. The van der Waals surface area contributed by atoms with E-state index in [-0.39, 0.29) is 10.6 Å². The molecule has 6 nitrogen and oxygen atoms in total. The van der Waals surface area contributed by atoms with Gasteiger partial charge in [0.2, 0.25) is 0 Å². The standard InChI is InChI=1S/C19H27N3O3/c23-22(24)17-7-8-19(18(15-17)16-5-2-1-3-6-16)20-9-4-10-21-11-13-25-14-12-21/h5,7-8,15,20H,1-4,6,9-14H2. The van der Waals surface area contributed by atoms with Crippen LogP contribution < -0.4 is 5.32 Å². The lowest BCUT2D eigenvalue weighted by molar-refractivity contribution is -0.384. The Morgan fingerprint density at radius 3 is 2.80 bits per heavy atom. The summed E-state index contributed by atoms with van der Waals surface area (Å²) in [5.41, 5.74) is 3.42. The van der Waals surface area contributed by atoms with Gasteiger partial charge in [-0.05, 0) is 50.3 Å². The number of anilines is 1. The Labute approximate surface area is 149 Å². The van der Waals surface area contributed by atoms with Crippen molar-refractivity contribution in [2.75, 3.05) is 44.7 Å². The Hall–Kier alpha value is -1.92. The number of nitrogens with one attached hydrogen (secondary N) is 1. The van der Waals surface area contributed by atoms with Crippen molar-refractivity contribution in [3.8, 4) is 0 Å². The normalized spacial score (nSPS) is 18.6. The van der Waals surface area contributed by atoms with E-state index in [1.54, 1.807) is 12.1 Å². The van der Waals surface area contributed by atoms with Crippen molar-refractivity contribution in [3.63, 3.8) is 0 Å². The molecule has 3 rings (SSSR count). The zero-order valence-electron chi connectivity index (χ0n) is 14.7. The van der Waals surface area contributed by atoms with E-state index in [9.17, 15) is 10.1 Å². The van der Waals surface area contributed by atoms with Crippen molar-refractivity contribution in [3.05, 3.63) is 40.0 Å². The van der Waals surface area contributed by atoms with Crippen LogP contribution in [0.4, 0.5) is 11.4 Å². The van der Waals surface area contributed by atoms with E-state index in [1.165, 1.54) is 12.0 Å². The molecule has 0 aromatic heterocycles. The zero-order chi connectivity index (χ0) is 17.5. The van der Waals surface area contributed by atoms with E-state index < -0.39 is 0 Å². The molecular formula is C19H27N3O3. The SMILES string of the molecule is O=[N+]([O-])c1ccc(NCCCN2CCOCC2)c(C2=CCCCC2)c1. The second-order valence-electron chi connectivity index (χ2n) is 6.70. The minimum atomic E-state index is -0.310. The van der Waals surface area contributed by atoms with Crippen molar-refractivity contribution >= 4 is 16.9 Å². The third-order valence-electron chi connectivity index (χ3n) is 4.92. The van der Waals surface area contributed by atoms with Crippen molar-refractivity contribution in [1.29, 1.82) is 0 Å². The number of nitro groups is 1. The van der Waals surface area contributed by atoms with E-state index in [4.69, 9.17) is 4.74 Å². The molecule has 0 bridgehead atoms. The number of rotatable bonds is 7. The molecule has 136 valence electrons. The molecule has 6 heteroatoms. The average Bonchev–Trinajstić information content (AvgIpc) is 2.66. The van der Waals surface area contributed by atoms with Gasteiger partial charge in [0.1, 0.15) is 0 Å². The van der Waals surface area contributed by atoms with Gasteiger partial charge in [-0.1, -0.05) is 6.08 Å². The van der Waals surface area contributed by atoms with Crippen molar-refractivity contribution in [1.82, 2.24) is 4.90 Å². The molecule has 1 aliphatic carbocycles. The van der Waals surface area contributed by atoms with E-state index in [1.807, 2.05) is 6.07 Å². The van der Waals surface area contributed by atoms with Gasteiger partial charge in [0, 0.05) is 43.0 Å². The first kappa shape index (κ1) is 17.9. The Balaban J connectivity index is 1.62. The van der Waals surface area contributed by atoms with E-state index in [0.717, 1.165) is 76.3 Å². The summed E-state index contributed by atoms with van der Waals surface area (Å²) in [6.45, 7) is 5.60. The maximum atomic E-state index is 11.1. The highest BCUT2D eigenvalue weighted by Crippen LogP contribution is 2.34. The molecule has 0 radical (unpaired) electrons. The van der Waals surface area contributed by atoms with E-state index in [0.29, 0.717) is 0 Å². The molecule has 2 aliphatic rings.